The molecule has 0 aromatic carbocycles. The summed E-state index contributed by atoms with van der Waals surface area (Å²) in [6.45, 7) is 7.49. The van der Waals surface area contributed by atoms with Crippen LogP contribution in [-0.2, 0) is 7.05 Å². The van der Waals surface area contributed by atoms with Gasteiger partial charge in [0.05, 0.1) is 5.60 Å². The molecule has 2 rings (SSSR count). The van der Waals surface area contributed by atoms with Crippen LogP contribution in [0, 0.1) is 0 Å². The van der Waals surface area contributed by atoms with Gasteiger partial charge in [0.15, 0.2) is 5.82 Å². The van der Waals surface area contributed by atoms with Gasteiger partial charge in [-0.1, -0.05) is 0 Å². The lowest BCUT2D eigenvalue weighted by Crippen LogP contribution is -2.51. The first-order valence-corrected chi connectivity index (χ1v) is 6.58. The van der Waals surface area contributed by atoms with Gasteiger partial charge in [0, 0.05) is 52.2 Å². The minimum absolute atomic E-state index is 0.0570. The summed E-state index contributed by atoms with van der Waals surface area (Å²) in [7, 11) is 1.73. The lowest BCUT2D eigenvalue weighted by atomic mass is 10.1. The normalized spacial score (nSPS) is 17.8. The van der Waals surface area contributed by atoms with Crippen LogP contribution in [0.5, 0.6) is 0 Å². The molecule has 0 bridgehead atoms. The van der Waals surface area contributed by atoms with E-state index >= 15 is 0 Å². The van der Waals surface area contributed by atoms with E-state index in [4.69, 9.17) is 0 Å². The molecule has 1 N–H and O–H groups in total. The predicted molar refractivity (Wildman–Crippen MR) is 74.4 cm³/mol. The summed E-state index contributed by atoms with van der Waals surface area (Å²) in [5.74, 6) is 0.521. The number of β-amino-alcohol motifs (C(OH)–C–C–N with tert-alkyl or cyclic N) is 1. The van der Waals surface area contributed by atoms with Gasteiger partial charge >= 0.3 is 0 Å². The van der Waals surface area contributed by atoms with Crippen LogP contribution >= 0.6 is 0 Å². The Morgan fingerprint density at radius 2 is 1.95 bits per heavy atom. The number of hydrogen-bond acceptors (Lipinski definition) is 5. The molecule has 1 aliphatic rings. The number of hydrogen-bond donors (Lipinski definition) is 1. The molecule has 0 unspecified atom stereocenters. The molecule has 0 atom stereocenters. The zero-order chi connectivity index (χ0) is 14.0. The Hall–Kier alpha value is -1.40. The highest BCUT2D eigenvalue weighted by Crippen LogP contribution is 2.11. The van der Waals surface area contributed by atoms with Crippen LogP contribution in [-0.4, -0.2) is 57.9 Å². The molecule has 0 aliphatic carbocycles. The standard InChI is InChI=1S/C13H22N4O2/c1-13(2,19)10-16-6-8-17(9-7-16)11-12(18)15(3)5-4-14-11/h4-5,19H,6-10H2,1-3H3. The van der Waals surface area contributed by atoms with Crippen molar-refractivity contribution in [3.63, 3.8) is 0 Å². The van der Waals surface area contributed by atoms with E-state index in [0.29, 0.717) is 12.4 Å². The van der Waals surface area contributed by atoms with Crippen molar-refractivity contribution in [3.8, 4) is 0 Å². The molecule has 6 heteroatoms. The molecule has 1 saturated heterocycles. The van der Waals surface area contributed by atoms with E-state index in [9.17, 15) is 9.90 Å². The van der Waals surface area contributed by atoms with Gasteiger partial charge in [0.1, 0.15) is 0 Å². The number of aromatic nitrogens is 2. The van der Waals surface area contributed by atoms with Crippen LogP contribution in [0.25, 0.3) is 0 Å². The number of rotatable bonds is 3. The first-order valence-electron chi connectivity index (χ1n) is 6.58. The Morgan fingerprint density at radius 3 is 2.53 bits per heavy atom. The van der Waals surface area contributed by atoms with Gasteiger partial charge in [-0.25, -0.2) is 4.98 Å². The summed E-state index contributed by atoms with van der Waals surface area (Å²) < 4.78 is 1.55. The molecule has 1 aliphatic heterocycles. The molecule has 19 heavy (non-hydrogen) atoms. The second kappa shape index (κ2) is 5.30. The molecule has 6 nitrogen and oxygen atoms in total. The first kappa shape index (κ1) is 14.0. The highest BCUT2D eigenvalue weighted by molar-refractivity contribution is 5.36. The van der Waals surface area contributed by atoms with E-state index in [-0.39, 0.29) is 5.56 Å². The minimum Gasteiger partial charge on any atom is -0.389 e. The summed E-state index contributed by atoms with van der Waals surface area (Å²) in [6.07, 6.45) is 3.32. The lowest BCUT2D eigenvalue weighted by Gasteiger charge is -2.37. The fourth-order valence-electron chi connectivity index (χ4n) is 2.37. The van der Waals surface area contributed by atoms with E-state index in [0.717, 1.165) is 26.2 Å². The minimum atomic E-state index is -0.677. The Kier molecular flexibility index (Phi) is 3.91. The lowest BCUT2D eigenvalue weighted by molar-refractivity contribution is 0.0344. The Balaban J connectivity index is 2.00. The van der Waals surface area contributed by atoms with Gasteiger partial charge in [-0.3, -0.25) is 9.69 Å². The number of anilines is 1. The van der Waals surface area contributed by atoms with Gasteiger partial charge in [-0.15, -0.1) is 0 Å². The van der Waals surface area contributed by atoms with E-state index < -0.39 is 5.60 Å². The smallest absolute Gasteiger partial charge is 0.293 e. The van der Waals surface area contributed by atoms with Crippen molar-refractivity contribution < 1.29 is 5.11 Å². The Morgan fingerprint density at radius 1 is 1.32 bits per heavy atom. The summed E-state index contributed by atoms with van der Waals surface area (Å²) in [4.78, 5) is 20.4. The van der Waals surface area contributed by atoms with Crippen molar-refractivity contribution in [1.29, 1.82) is 0 Å². The summed E-state index contributed by atoms with van der Waals surface area (Å²) >= 11 is 0. The van der Waals surface area contributed by atoms with Crippen LogP contribution < -0.4 is 10.5 Å². The summed E-state index contributed by atoms with van der Waals surface area (Å²) in [5.41, 5.74) is -0.734. The molecule has 0 spiro atoms. The van der Waals surface area contributed by atoms with Crippen LogP contribution in [0.1, 0.15) is 13.8 Å². The van der Waals surface area contributed by atoms with Crippen LogP contribution in [0.2, 0.25) is 0 Å². The van der Waals surface area contributed by atoms with Crippen molar-refractivity contribution in [3.05, 3.63) is 22.7 Å². The third-order valence-electron chi connectivity index (χ3n) is 3.28. The molecule has 106 valence electrons. The second-order valence-corrected chi connectivity index (χ2v) is 5.74. The average Bonchev–Trinajstić information content (AvgIpc) is 2.32. The van der Waals surface area contributed by atoms with Crippen molar-refractivity contribution in [2.45, 2.75) is 19.4 Å². The van der Waals surface area contributed by atoms with E-state index in [2.05, 4.69) is 9.88 Å². The largest absolute Gasteiger partial charge is 0.389 e. The molecular formula is C13H22N4O2. The number of aliphatic hydroxyl groups is 1. The third kappa shape index (κ3) is 3.54. The Bertz CT molecular complexity index is 484. The summed E-state index contributed by atoms with van der Waals surface area (Å²) in [6, 6.07) is 0. The molecule has 0 amide bonds. The molecular weight excluding hydrogens is 244 g/mol. The van der Waals surface area contributed by atoms with Crippen molar-refractivity contribution in [1.82, 2.24) is 14.5 Å². The zero-order valence-electron chi connectivity index (χ0n) is 11.8. The van der Waals surface area contributed by atoms with Crippen LogP contribution in [0.15, 0.2) is 17.2 Å². The molecule has 1 fully saturated rings. The van der Waals surface area contributed by atoms with Crippen molar-refractivity contribution >= 4 is 5.82 Å². The van der Waals surface area contributed by atoms with Crippen LogP contribution in [0.4, 0.5) is 5.82 Å². The predicted octanol–water partition coefficient (Wildman–Crippen LogP) is -0.327. The first-order chi connectivity index (χ1) is 8.87. The summed E-state index contributed by atoms with van der Waals surface area (Å²) in [5, 5.41) is 9.81. The van der Waals surface area contributed by atoms with Crippen LogP contribution in [0.3, 0.4) is 0 Å². The highest BCUT2D eigenvalue weighted by Gasteiger charge is 2.24. The average molecular weight is 266 g/mol. The topological polar surface area (TPSA) is 61.6 Å². The van der Waals surface area contributed by atoms with E-state index in [1.807, 2.05) is 18.7 Å². The van der Waals surface area contributed by atoms with E-state index in [1.54, 1.807) is 24.0 Å². The molecule has 0 radical (unpaired) electrons. The third-order valence-corrected chi connectivity index (χ3v) is 3.28. The Labute approximate surface area is 113 Å². The van der Waals surface area contributed by atoms with Gasteiger partial charge in [0.2, 0.25) is 0 Å². The van der Waals surface area contributed by atoms with Gasteiger partial charge in [-0.2, -0.15) is 0 Å². The highest BCUT2D eigenvalue weighted by atomic mass is 16.3. The van der Waals surface area contributed by atoms with Gasteiger partial charge in [-0.05, 0) is 13.8 Å². The van der Waals surface area contributed by atoms with Gasteiger partial charge < -0.3 is 14.6 Å². The monoisotopic (exact) mass is 266 g/mol. The molecule has 2 heterocycles. The SMILES string of the molecule is Cn1ccnc(N2CCN(CC(C)(C)O)CC2)c1=O. The second-order valence-electron chi connectivity index (χ2n) is 5.74. The maximum absolute atomic E-state index is 12.0. The fraction of sp³-hybridized carbons (Fsp3) is 0.692. The number of piperazine rings is 1. The maximum Gasteiger partial charge on any atom is 0.293 e. The fourth-order valence-corrected chi connectivity index (χ4v) is 2.37. The quantitative estimate of drug-likeness (QED) is 0.812. The van der Waals surface area contributed by atoms with Gasteiger partial charge in [0.25, 0.3) is 5.56 Å². The maximum atomic E-state index is 12.0. The van der Waals surface area contributed by atoms with Crippen molar-refractivity contribution in [2.75, 3.05) is 37.6 Å². The zero-order valence-corrected chi connectivity index (χ0v) is 11.8. The number of aryl methyl sites for hydroxylation is 1. The number of nitrogens with zero attached hydrogens (tertiary/aromatic N) is 4. The molecule has 1 aromatic rings. The van der Waals surface area contributed by atoms with Crippen molar-refractivity contribution in [2.24, 2.45) is 7.05 Å². The van der Waals surface area contributed by atoms with E-state index in [1.165, 1.54) is 0 Å². The molecule has 0 saturated carbocycles. The molecule has 1 aromatic heterocycles.